The lowest BCUT2D eigenvalue weighted by Gasteiger charge is -2.41. The third-order valence-electron chi connectivity index (χ3n) is 5.88. The van der Waals surface area contributed by atoms with Gasteiger partial charge in [-0.15, -0.1) is 0 Å². The zero-order chi connectivity index (χ0) is 13.8. The normalized spacial score (nSPS) is 40.6. The smallest absolute Gasteiger partial charge is 0.0118 e. The molecule has 2 heteroatoms. The van der Waals surface area contributed by atoms with Gasteiger partial charge in [-0.05, 0) is 56.9 Å². The highest BCUT2D eigenvalue weighted by Gasteiger charge is 2.31. The molecule has 2 rings (SSSR count). The van der Waals surface area contributed by atoms with Gasteiger partial charge in [0.1, 0.15) is 0 Å². The summed E-state index contributed by atoms with van der Waals surface area (Å²) >= 11 is 0. The summed E-state index contributed by atoms with van der Waals surface area (Å²) in [6, 6.07) is 1.26. The van der Waals surface area contributed by atoms with Crippen molar-refractivity contribution in [2.75, 3.05) is 13.6 Å². The molecule has 2 fully saturated rings. The van der Waals surface area contributed by atoms with Crippen molar-refractivity contribution in [1.82, 2.24) is 4.90 Å². The van der Waals surface area contributed by atoms with Gasteiger partial charge in [-0.2, -0.15) is 0 Å². The van der Waals surface area contributed by atoms with Crippen LogP contribution < -0.4 is 5.73 Å². The standard InChI is InChI=1S/C17H34N2/c1-4-14-9-10-16(18)15(11-14)12-19(3)17-8-6-5-7-13(17)2/h13-17H,4-12,18H2,1-3H3. The Morgan fingerprint density at radius 3 is 2.53 bits per heavy atom. The SMILES string of the molecule is CCC1CCC(N)C(CN(C)C2CCCCC2C)C1. The summed E-state index contributed by atoms with van der Waals surface area (Å²) in [5.41, 5.74) is 6.38. The molecule has 0 aliphatic heterocycles. The highest BCUT2D eigenvalue weighted by Crippen LogP contribution is 2.33. The minimum absolute atomic E-state index is 0.448. The van der Waals surface area contributed by atoms with Crippen LogP contribution in [0, 0.1) is 17.8 Å². The Morgan fingerprint density at radius 2 is 1.84 bits per heavy atom. The second kappa shape index (κ2) is 7.08. The van der Waals surface area contributed by atoms with Gasteiger partial charge in [0.05, 0.1) is 0 Å². The summed E-state index contributed by atoms with van der Waals surface area (Å²) in [7, 11) is 2.34. The Kier molecular flexibility index (Phi) is 5.70. The van der Waals surface area contributed by atoms with Crippen LogP contribution in [-0.2, 0) is 0 Å². The van der Waals surface area contributed by atoms with Gasteiger partial charge in [-0.3, -0.25) is 0 Å². The number of rotatable bonds is 4. The number of hydrogen-bond donors (Lipinski definition) is 1. The van der Waals surface area contributed by atoms with Crippen molar-refractivity contribution in [2.24, 2.45) is 23.5 Å². The summed E-state index contributed by atoms with van der Waals surface area (Å²) in [5.74, 6) is 2.54. The summed E-state index contributed by atoms with van der Waals surface area (Å²) in [6.07, 6.45) is 11.0. The molecule has 0 spiro atoms. The number of nitrogens with zero attached hydrogens (tertiary/aromatic N) is 1. The Morgan fingerprint density at radius 1 is 1.11 bits per heavy atom. The van der Waals surface area contributed by atoms with E-state index < -0.39 is 0 Å². The molecule has 112 valence electrons. The van der Waals surface area contributed by atoms with Gasteiger partial charge in [0.2, 0.25) is 0 Å². The van der Waals surface area contributed by atoms with Crippen LogP contribution in [0.25, 0.3) is 0 Å². The topological polar surface area (TPSA) is 29.3 Å². The first-order chi connectivity index (χ1) is 9.11. The molecular weight excluding hydrogens is 232 g/mol. The van der Waals surface area contributed by atoms with Crippen LogP contribution in [0.1, 0.15) is 65.2 Å². The molecule has 5 atom stereocenters. The highest BCUT2D eigenvalue weighted by molar-refractivity contribution is 4.87. The van der Waals surface area contributed by atoms with Gasteiger partial charge in [0.25, 0.3) is 0 Å². The fourth-order valence-electron chi connectivity index (χ4n) is 4.42. The Balaban J connectivity index is 1.87. The van der Waals surface area contributed by atoms with Crippen LogP contribution in [0.15, 0.2) is 0 Å². The maximum Gasteiger partial charge on any atom is 0.0118 e. The fourth-order valence-corrected chi connectivity index (χ4v) is 4.42. The lowest BCUT2D eigenvalue weighted by Crippen LogP contribution is -2.47. The van der Waals surface area contributed by atoms with E-state index in [1.165, 1.54) is 57.9 Å². The van der Waals surface area contributed by atoms with Crippen molar-refractivity contribution in [3.05, 3.63) is 0 Å². The second-order valence-electron chi connectivity index (χ2n) is 7.28. The van der Waals surface area contributed by atoms with Crippen molar-refractivity contribution in [2.45, 2.75) is 77.3 Å². The molecule has 0 amide bonds. The van der Waals surface area contributed by atoms with Crippen LogP contribution in [0.5, 0.6) is 0 Å². The van der Waals surface area contributed by atoms with E-state index in [0.29, 0.717) is 6.04 Å². The molecule has 2 nitrogen and oxygen atoms in total. The van der Waals surface area contributed by atoms with Crippen molar-refractivity contribution in [1.29, 1.82) is 0 Å². The third-order valence-corrected chi connectivity index (χ3v) is 5.88. The minimum atomic E-state index is 0.448. The van der Waals surface area contributed by atoms with Crippen LogP contribution in [0.4, 0.5) is 0 Å². The maximum atomic E-state index is 6.38. The van der Waals surface area contributed by atoms with E-state index in [0.717, 1.165) is 23.8 Å². The van der Waals surface area contributed by atoms with Gasteiger partial charge >= 0.3 is 0 Å². The largest absolute Gasteiger partial charge is 0.327 e. The zero-order valence-corrected chi connectivity index (χ0v) is 13.3. The quantitative estimate of drug-likeness (QED) is 0.841. The molecule has 0 aromatic rings. The predicted octanol–water partition coefficient (Wildman–Crippen LogP) is 3.65. The van der Waals surface area contributed by atoms with Crippen molar-refractivity contribution >= 4 is 0 Å². The molecule has 0 aromatic carbocycles. The first-order valence-electron chi connectivity index (χ1n) is 8.57. The molecule has 0 saturated heterocycles. The molecule has 0 radical (unpaired) electrons. The molecular formula is C17H34N2. The van der Waals surface area contributed by atoms with E-state index in [9.17, 15) is 0 Å². The summed E-state index contributed by atoms with van der Waals surface area (Å²) in [4.78, 5) is 2.65. The summed E-state index contributed by atoms with van der Waals surface area (Å²) < 4.78 is 0. The fraction of sp³-hybridized carbons (Fsp3) is 1.00. The van der Waals surface area contributed by atoms with E-state index in [1.54, 1.807) is 0 Å². The Labute approximate surface area is 120 Å². The van der Waals surface area contributed by atoms with Crippen molar-refractivity contribution < 1.29 is 0 Å². The van der Waals surface area contributed by atoms with E-state index in [-0.39, 0.29) is 0 Å². The molecule has 2 saturated carbocycles. The monoisotopic (exact) mass is 266 g/mol. The van der Waals surface area contributed by atoms with Gasteiger partial charge in [-0.25, -0.2) is 0 Å². The van der Waals surface area contributed by atoms with E-state index in [4.69, 9.17) is 5.73 Å². The highest BCUT2D eigenvalue weighted by atomic mass is 15.1. The maximum absolute atomic E-state index is 6.38. The zero-order valence-electron chi connectivity index (χ0n) is 13.3. The number of hydrogen-bond acceptors (Lipinski definition) is 2. The van der Waals surface area contributed by atoms with Gasteiger partial charge < -0.3 is 10.6 Å². The minimum Gasteiger partial charge on any atom is -0.327 e. The average Bonchev–Trinajstić information content (AvgIpc) is 2.41. The molecule has 0 bridgehead atoms. The third kappa shape index (κ3) is 3.95. The molecule has 0 aromatic heterocycles. The van der Waals surface area contributed by atoms with E-state index in [2.05, 4.69) is 25.8 Å². The van der Waals surface area contributed by atoms with Gasteiger partial charge in [0.15, 0.2) is 0 Å². The lowest BCUT2D eigenvalue weighted by atomic mass is 9.76. The van der Waals surface area contributed by atoms with Gasteiger partial charge in [-0.1, -0.05) is 33.1 Å². The average molecular weight is 266 g/mol. The molecule has 2 aliphatic carbocycles. The van der Waals surface area contributed by atoms with E-state index >= 15 is 0 Å². The first kappa shape index (κ1) is 15.3. The lowest BCUT2D eigenvalue weighted by molar-refractivity contribution is 0.0951. The molecule has 2 aliphatic rings. The Hall–Kier alpha value is -0.0800. The van der Waals surface area contributed by atoms with Gasteiger partial charge in [0, 0.05) is 18.6 Å². The van der Waals surface area contributed by atoms with Crippen LogP contribution in [0.3, 0.4) is 0 Å². The first-order valence-corrected chi connectivity index (χ1v) is 8.57. The molecule has 0 heterocycles. The molecule has 2 N–H and O–H groups in total. The van der Waals surface area contributed by atoms with Crippen LogP contribution in [-0.4, -0.2) is 30.6 Å². The molecule has 5 unspecified atom stereocenters. The predicted molar refractivity (Wildman–Crippen MR) is 83.1 cm³/mol. The summed E-state index contributed by atoms with van der Waals surface area (Å²) in [5, 5.41) is 0. The summed E-state index contributed by atoms with van der Waals surface area (Å²) in [6.45, 7) is 6.01. The van der Waals surface area contributed by atoms with E-state index in [1.807, 2.05) is 0 Å². The second-order valence-corrected chi connectivity index (χ2v) is 7.28. The van der Waals surface area contributed by atoms with Crippen molar-refractivity contribution in [3.8, 4) is 0 Å². The van der Waals surface area contributed by atoms with Crippen LogP contribution in [0.2, 0.25) is 0 Å². The number of nitrogens with two attached hydrogens (primary N) is 1. The Bertz CT molecular complexity index is 266. The van der Waals surface area contributed by atoms with Crippen LogP contribution >= 0.6 is 0 Å². The van der Waals surface area contributed by atoms with Crippen molar-refractivity contribution in [3.63, 3.8) is 0 Å². The molecule has 19 heavy (non-hydrogen) atoms.